The molecule has 6 N–H and O–H groups in total. The highest BCUT2D eigenvalue weighted by molar-refractivity contribution is 6.07. The van der Waals surface area contributed by atoms with Gasteiger partial charge in [-0.1, -0.05) is 48.5 Å². The molecule has 0 saturated heterocycles. The van der Waals surface area contributed by atoms with E-state index in [4.69, 9.17) is 21.9 Å². The van der Waals surface area contributed by atoms with Gasteiger partial charge < -0.3 is 16.5 Å². The number of anilines is 1. The average molecular weight is 417 g/mol. The Morgan fingerprint density at radius 3 is 2.50 bits per heavy atom. The van der Waals surface area contributed by atoms with Crippen molar-refractivity contribution in [2.75, 3.05) is 5.73 Å². The van der Waals surface area contributed by atoms with Gasteiger partial charge in [0.05, 0.1) is 11.4 Å². The van der Waals surface area contributed by atoms with E-state index in [1.165, 1.54) is 0 Å². The van der Waals surface area contributed by atoms with Gasteiger partial charge in [0, 0.05) is 11.1 Å². The van der Waals surface area contributed by atoms with Crippen LogP contribution in [-0.4, -0.2) is 21.5 Å². The van der Waals surface area contributed by atoms with Crippen molar-refractivity contribution >= 4 is 48.1 Å². The minimum atomic E-state index is 0. The number of nitrogens with two attached hydrogens (primary N) is 2. The van der Waals surface area contributed by atoms with Gasteiger partial charge in [-0.2, -0.15) is 4.98 Å². The second-order valence-corrected chi connectivity index (χ2v) is 6.34. The molecule has 0 saturated carbocycles. The highest BCUT2D eigenvalue weighted by Crippen LogP contribution is 2.32. The fourth-order valence-corrected chi connectivity index (χ4v) is 3.46. The number of aliphatic imine (C=N–C) groups is 1. The van der Waals surface area contributed by atoms with Gasteiger partial charge in [0.1, 0.15) is 5.84 Å². The molecule has 146 valence electrons. The molecular formula is C20H22Cl2N6. The fraction of sp³-hybridized carbons (Fsp3) is 0.150. The number of aromatic amines is 1. The van der Waals surface area contributed by atoms with Gasteiger partial charge in [0.25, 0.3) is 0 Å². The number of aromatic nitrogens is 2. The van der Waals surface area contributed by atoms with Gasteiger partial charge in [-0.3, -0.25) is 5.41 Å². The summed E-state index contributed by atoms with van der Waals surface area (Å²) in [7, 11) is 0. The van der Waals surface area contributed by atoms with Crippen molar-refractivity contribution in [3.8, 4) is 11.3 Å². The monoisotopic (exact) mass is 416 g/mol. The molecule has 28 heavy (non-hydrogen) atoms. The van der Waals surface area contributed by atoms with E-state index in [2.05, 4.69) is 9.97 Å². The van der Waals surface area contributed by atoms with Crippen molar-refractivity contribution in [2.45, 2.75) is 19.3 Å². The lowest BCUT2D eigenvalue weighted by Gasteiger charge is -2.20. The molecule has 0 amide bonds. The molecule has 0 bridgehead atoms. The van der Waals surface area contributed by atoms with Gasteiger partial charge in [0.15, 0.2) is 11.8 Å². The van der Waals surface area contributed by atoms with E-state index >= 15 is 0 Å². The number of amidine groups is 1. The first-order valence-corrected chi connectivity index (χ1v) is 8.58. The zero-order chi connectivity index (χ0) is 18.1. The highest BCUT2D eigenvalue weighted by Gasteiger charge is 2.20. The lowest BCUT2D eigenvalue weighted by Crippen LogP contribution is -2.20. The molecule has 1 aliphatic rings. The molecule has 1 aliphatic carbocycles. The molecule has 1 aromatic heterocycles. The van der Waals surface area contributed by atoms with Crippen LogP contribution in [0, 0.1) is 5.41 Å². The second-order valence-electron chi connectivity index (χ2n) is 6.34. The largest absolute Gasteiger partial charge is 0.384 e. The van der Waals surface area contributed by atoms with Crippen LogP contribution in [0.1, 0.15) is 29.5 Å². The van der Waals surface area contributed by atoms with Gasteiger partial charge in [-0.25, -0.2) is 4.99 Å². The number of nitrogens with one attached hydrogen (secondary N) is 2. The number of nitrogen functional groups attached to an aromatic ring is 2. The summed E-state index contributed by atoms with van der Waals surface area (Å²) in [5.74, 6) is 1.03. The number of fused-ring (bicyclic) bond motifs is 1. The fourth-order valence-electron chi connectivity index (χ4n) is 3.46. The predicted octanol–water partition coefficient (Wildman–Crippen LogP) is 4.24. The van der Waals surface area contributed by atoms with Crippen LogP contribution < -0.4 is 11.5 Å². The lowest BCUT2D eigenvalue weighted by molar-refractivity contribution is 0.836. The number of hydrogen-bond acceptors (Lipinski definition) is 4. The van der Waals surface area contributed by atoms with E-state index in [0.29, 0.717) is 11.8 Å². The predicted molar refractivity (Wildman–Crippen MR) is 120 cm³/mol. The first-order chi connectivity index (χ1) is 12.6. The quantitative estimate of drug-likeness (QED) is 0.377. The molecule has 6 nitrogen and oxygen atoms in total. The van der Waals surface area contributed by atoms with Crippen molar-refractivity contribution in [2.24, 2.45) is 10.7 Å². The Morgan fingerprint density at radius 1 is 1.04 bits per heavy atom. The number of rotatable bonds is 3. The number of H-pyrrole nitrogens is 1. The van der Waals surface area contributed by atoms with E-state index in [1.54, 1.807) is 0 Å². The molecule has 0 unspecified atom stereocenters. The van der Waals surface area contributed by atoms with E-state index in [9.17, 15) is 0 Å². The molecule has 3 aromatic rings. The smallest absolute Gasteiger partial charge is 0.200 e. The lowest BCUT2D eigenvalue weighted by atomic mass is 9.86. The molecule has 4 rings (SSSR count). The Labute approximate surface area is 175 Å². The van der Waals surface area contributed by atoms with Crippen LogP contribution in [0.4, 0.5) is 11.8 Å². The Bertz CT molecular complexity index is 1010. The van der Waals surface area contributed by atoms with Crippen LogP contribution >= 0.6 is 24.8 Å². The summed E-state index contributed by atoms with van der Waals surface area (Å²) in [6.07, 6.45) is 2.73. The summed E-state index contributed by atoms with van der Waals surface area (Å²) < 4.78 is 0. The van der Waals surface area contributed by atoms with E-state index in [1.807, 2.05) is 48.5 Å². The standard InChI is InChI=1S/C20H20N6.2ClH/c21-18(22)15-10-4-9-14-13(15)8-5-11-16(14)24-19-17(25-20(23)26-19)12-6-2-1-3-7-12;;/h1-4,6-7,9-10H,5,8,11H2,(H3,21,22)(H3,23,25,26);2*1H. The number of imidazole rings is 1. The average Bonchev–Trinajstić information content (AvgIpc) is 3.02. The van der Waals surface area contributed by atoms with Gasteiger partial charge >= 0.3 is 0 Å². The van der Waals surface area contributed by atoms with Crippen LogP contribution in [0.15, 0.2) is 53.5 Å². The minimum Gasteiger partial charge on any atom is -0.384 e. The molecule has 0 radical (unpaired) electrons. The van der Waals surface area contributed by atoms with Crippen LogP contribution in [0.3, 0.4) is 0 Å². The van der Waals surface area contributed by atoms with Crippen molar-refractivity contribution < 1.29 is 0 Å². The topological polar surface area (TPSA) is 117 Å². The highest BCUT2D eigenvalue weighted by atomic mass is 35.5. The third-order valence-corrected chi connectivity index (χ3v) is 4.62. The SMILES string of the molecule is Cl.Cl.N=C(N)c1cccc2c1CCCC2=Nc1nc(N)[nH]c1-c1ccccc1. The first kappa shape index (κ1) is 21.5. The van der Waals surface area contributed by atoms with Crippen molar-refractivity contribution in [3.05, 3.63) is 65.2 Å². The van der Waals surface area contributed by atoms with Crippen molar-refractivity contribution in [1.82, 2.24) is 9.97 Å². The van der Waals surface area contributed by atoms with Gasteiger partial charge in [0.2, 0.25) is 0 Å². The van der Waals surface area contributed by atoms with Crippen molar-refractivity contribution in [1.29, 1.82) is 5.41 Å². The summed E-state index contributed by atoms with van der Waals surface area (Å²) >= 11 is 0. The van der Waals surface area contributed by atoms with Crippen LogP contribution in [0.5, 0.6) is 0 Å². The zero-order valence-electron chi connectivity index (χ0n) is 15.1. The molecule has 0 spiro atoms. The third kappa shape index (κ3) is 4.03. The molecule has 8 heteroatoms. The maximum Gasteiger partial charge on any atom is 0.200 e. The van der Waals surface area contributed by atoms with E-state index in [-0.39, 0.29) is 30.6 Å². The normalized spacial score (nSPS) is 13.9. The van der Waals surface area contributed by atoms with Crippen LogP contribution in [-0.2, 0) is 6.42 Å². The Balaban J connectivity index is 0.00000140. The van der Waals surface area contributed by atoms with Gasteiger partial charge in [-0.15, -0.1) is 24.8 Å². The second kappa shape index (κ2) is 8.91. The van der Waals surface area contributed by atoms with Crippen molar-refractivity contribution in [3.63, 3.8) is 0 Å². The number of benzene rings is 2. The van der Waals surface area contributed by atoms with Crippen LogP contribution in [0.25, 0.3) is 11.3 Å². The number of nitrogens with zero attached hydrogens (tertiary/aromatic N) is 2. The molecule has 0 atom stereocenters. The summed E-state index contributed by atoms with van der Waals surface area (Å²) in [4.78, 5) is 12.3. The molecular weight excluding hydrogens is 395 g/mol. The first-order valence-electron chi connectivity index (χ1n) is 8.58. The number of halogens is 2. The molecule has 1 heterocycles. The maximum atomic E-state index is 7.82. The molecule has 0 fully saturated rings. The van der Waals surface area contributed by atoms with E-state index in [0.717, 1.165) is 52.9 Å². The Morgan fingerprint density at radius 2 is 1.79 bits per heavy atom. The summed E-state index contributed by atoms with van der Waals surface area (Å²) in [6, 6.07) is 15.8. The van der Waals surface area contributed by atoms with Gasteiger partial charge in [-0.05, 0) is 30.4 Å². The summed E-state index contributed by atoms with van der Waals surface area (Å²) in [5.41, 5.74) is 17.3. The minimum absolute atomic E-state index is 0. The summed E-state index contributed by atoms with van der Waals surface area (Å²) in [6.45, 7) is 0. The Kier molecular flexibility index (Phi) is 6.83. The summed E-state index contributed by atoms with van der Waals surface area (Å²) in [5, 5.41) is 7.82. The molecule has 2 aromatic carbocycles. The molecule has 0 aliphatic heterocycles. The van der Waals surface area contributed by atoms with E-state index < -0.39 is 0 Å². The zero-order valence-corrected chi connectivity index (χ0v) is 16.7. The maximum absolute atomic E-state index is 7.82. The van der Waals surface area contributed by atoms with Crippen LogP contribution in [0.2, 0.25) is 0 Å². The third-order valence-electron chi connectivity index (χ3n) is 4.62. The Hall–Kier alpha value is -2.83. The number of hydrogen-bond donors (Lipinski definition) is 4.